The van der Waals surface area contributed by atoms with E-state index in [-0.39, 0.29) is 11.9 Å². The molecule has 37 heavy (non-hydrogen) atoms. The largest absolute Gasteiger partial charge is 0.424 e. The molecule has 0 bridgehead atoms. The minimum atomic E-state index is -0.251. The summed E-state index contributed by atoms with van der Waals surface area (Å²) in [4.78, 5) is 27.3. The number of hydrogen-bond acceptors (Lipinski definition) is 8. The zero-order valence-corrected chi connectivity index (χ0v) is 20.3. The Morgan fingerprint density at radius 2 is 2.03 bits per heavy atom. The van der Waals surface area contributed by atoms with Crippen LogP contribution in [0.25, 0.3) is 23.0 Å². The zero-order valence-electron chi connectivity index (χ0n) is 20.3. The smallest absolute Gasteiger partial charge is 0.322 e. The highest BCUT2D eigenvalue weighted by atomic mass is 16.5. The molecule has 0 saturated heterocycles. The van der Waals surface area contributed by atoms with Gasteiger partial charge < -0.3 is 20.4 Å². The van der Waals surface area contributed by atoms with Crippen LogP contribution in [0.2, 0.25) is 0 Å². The highest BCUT2D eigenvalue weighted by Gasteiger charge is 2.27. The molecule has 1 aromatic carbocycles. The third-order valence-electron chi connectivity index (χ3n) is 6.36. The van der Waals surface area contributed by atoms with Gasteiger partial charge in [-0.25, -0.2) is 9.97 Å². The molecule has 2 N–H and O–H groups in total. The Hall–Kier alpha value is -5.05. The van der Waals surface area contributed by atoms with Crippen LogP contribution in [0, 0.1) is 6.92 Å². The highest BCUT2D eigenvalue weighted by molar-refractivity contribution is 5.99. The van der Waals surface area contributed by atoms with Crippen molar-refractivity contribution in [3.8, 4) is 23.0 Å². The number of amides is 1. The molecule has 1 aromatic heterocycles. The van der Waals surface area contributed by atoms with E-state index in [4.69, 9.17) is 9.72 Å². The van der Waals surface area contributed by atoms with E-state index in [0.717, 1.165) is 50.0 Å². The Labute approximate surface area is 212 Å². The van der Waals surface area contributed by atoms with Crippen LogP contribution in [-0.2, 0) is 11.3 Å². The fraction of sp³-hybridized carbons (Fsp3) is 0.107. The van der Waals surface area contributed by atoms with E-state index in [1.165, 1.54) is 6.08 Å². The lowest BCUT2D eigenvalue weighted by Gasteiger charge is -2.27. The number of carbonyl (C=O) groups excluding carboxylic acids is 1. The monoisotopic (exact) mass is 489 g/mol. The maximum absolute atomic E-state index is 11.7. The number of hydrogen-bond donors (Lipinski definition) is 2. The van der Waals surface area contributed by atoms with Crippen molar-refractivity contribution in [2.75, 3.05) is 17.3 Å². The minimum absolute atomic E-state index is 0.251. The Morgan fingerprint density at radius 1 is 1.19 bits per heavy atom. The summed E-state index contributed by atoms with van der Waals surface area (Å²) in [6.07, 6.45) is 8.79. The number of fused-ring (bicyclic) bond motifs is 2. The third-order valence-corrected chi connectivity index (χ3v) is 6.36. The summed E-state index contributed by atoms with van der Waals surface area (Å²) in [5.41, 5.74) is 10.3. The summed E-state index contributed by atoms with van der Waals surface area (Å²) >= 11 is 0. The van der Waals surface area contributed by atoms with Crippen LogP contribution in [0.15, 0.2) is 72.6 Å². The molecule has 2 aromatic rings. The molecule has 0 fully saturated rings. The van der Waals surface area contributed by atoms with Gasteiger partial charge in [-0.2, -0.15) is 5.10 Å². The van der Waals surface area contributed by atoms with Gasteiger partial charge in [-0.3, -0.25) is 9.78 Å². The number of allylic oxidation sites excluding steroid dienone is 1. The molecular weight excluding hydrogens is 466 g/mol. The fourth-order valence-corrected chi connectivity index (χ4v) is 4.62. The lowest BCUT2D eigenvalue weighted by atomic mass is 10.0. The quantitative estimate of drug-likeness (QED) is 0.415. The maximum Gasteiger partial charge on any atom is 0.322 e. The minimum Gasteiger partial charge on any atom is -0.424 e. The Morgan fingerprint density at radius 3 is 2.81 bits per heavy atom. The van der Waals surface area contributed by atoms with Gasteiger partial charge >= 0.3 is 6.01 Å². The molecule has 4 heterocycles. The van der Waals surface area contributed by atoms with E-state index < -0.39 is 0 Å². The molecule has 3 aliphatic heterocycles. The number of aryl methyl sites for hydroxylation is 1. The van der Waals surface area contributed by atoms with Crippen molar-refractivity contribution in [3.63, 3.8) is 0 Å². The zero-order chi connectivity index (χ0) is 25.5. The second-order valence-corrected chi connectivity index (χ2v) is 8.74. The lowest BCUT2D eigenvalue weighted by Crippen LogP contribution is -2.26. The van der Waals surface area contributed by atoms with Gasteiger partial charge in [0.05, 0.1) is 24.1 Å². The van der Waals surface area contributed by atoms with Crippen molar-refractivity contribution in [3.05, 3.63) is 94.9 Å². The number of nitrogens with zero attached hydrogens (tertiary/aromatic N) is 5. The molecule has 4 aliphatic rings. The van der Waals surface area contributed by atoms with Crippen LogP contribution in [0.1, 0.15) is 16.8 Å². The second-order valence-electron chi connectivity index (χ2n) is 8.74. The molecule has 0 radical (unpaired) electrons. The Balaban J connectivity index is 1.51. The van der Waals surface area contributed by atoms with Gasteiger partial charge in [0.15, 0.2) is 0 Å². The van der Waals surface area contributed by atoms with Gasteiger partial charge in [-0.05, 0) is 60.5 Å². The second kappa shape index (κ2) is 8.87. The van der Waals surface area contributed by atoms with Crippen LogP contribution in [0.4, 0.5) is 11.4 Å². The van der Waals surface area contributed by atoms with Gasteiger partial charge in [0.25, 0.3) is 0 Å². The first-order chi connectivity index (χ1) is 18.0. The summed E-state index contributed by atoms with van der Waals surface area (Å²) in [5, 5.41) is 8.89. The number of nitrogens with one attached hydrogen (secondary N) is 2. The van der Waals surface area contributed by atoms with Crippen molar-refractivity contribution in [1.29, 1.82) is 0 Å². The third kappa shape index (κ3) is 3.96. The van der Waals surface area contributed by atoms with E-state index in [0.29, 0.717) is 18.0 Å². The van der Waals surface area contributed by atoms with E-state index in [2.05, 4.69) is 37.3 Å². The molecular formula is C28H23N7O2. The summed E-state index contributed by atoms with van der Waals surface area (Å²) < 4.78 is 6.27. The van der Waals surface area contributed by atoms with Crippen molar-refractivity contribution < 1.29 is 9.53 Å². The molecule has 0 atom stereocenters. The van der Waals surface area contributed by atoms with Crippen LogP contribution < -0.4 is 31.0 Å². The average Bonchev–Trinajstić information content (AvgIpc) is 3.27. The molecule has 0 spiro atoms. The van der Waals surface area contributed by atoms with E-state index in [1.54, 1.807) is 12.4 Å². The van der Waals surface area contributed by atoms with Crippen molar-refractivity contribution in [1.82, 2.24) is 20.4 Å². The van der Waals surface area contributed by atoms with Gasteiger partial charge in [-0.1, -0.05) is 18.7 Å². The van der Waals surface area contributed by atoms with Crippen LogP contribution in [0.3, 0.4) is 0 Å². The summed E-state index contributed by atoms with van der Waals surface area (Å²) in [7, 11) is 2.01. The number of rotatable bonds is 5. The summed E-state index contributed by atoms with van der Waals surface area (Å²) in [6, 6.07) is 11.8. The number of anilines is 2. The molecule has 0 unspecified atom stereocenters. The normalized spacial score (nSPS) is 13.5. The Kier molecular flexibility index (Phi) is 5.37. The highest BCUT2D eigenvalue weighted by Crippen LogP contribution is 2.36. The predicted molar refractivity (Wildman–Crippen MR) is 141 cm³/mol. The first-order valence-corrected chi connectivity index (χ1v) is 11.7. The standard InChI is InChI=1S/C28H23N7O2/c1-4-24(36)33-19-7-5-17(6-8-19)22-10-9-20-23(37-28-29-12-11-16(2)32-28)13-18-14-31-34-21-15-30-26(25(18)21)27(20)35(22)3/h4-13,15,31H,1,14H2,2-3H3,(H,33,36). The van der Waals surface area contributed by atoms with Crippen molar-refractivity contribution in [2.45, 2.75) is 13.5 Å². The topological polar surface area (TPSA) is 105 Å². The van der Waals surface area contributed by atoms with E-state index >= 15 is 0 Å². The molecule has 9 nitrogen and oxygen atoms in total. The summed E-state index contributed by atoms with van der Waals surface area (Å²) in [6.45, 7) is 5.95. The molecule has 1 aliphatic carbocycles. The fourth-order valence-electron chi connectivity index (χ4n) is 4.62. The lowest BCUT2D eigenvalue weighted by molar-refractivity contribution is -0.111. The first kappa shape index (κ1) is 22.4. The van der Waals surface area contributed by atoms with Crippen molar-refractivity contribution in [2.24, 2.45) is 5.10 Å². The molecule has 9 heteroatoms. The number of benzene rings is 1. The number of ether oxygens (including phenoxy) is 1. The molecule has 0 saturated carbocycles. The van der Waals surface area contributed by atoms with Gasteiger partial charge in [-0.15, -0.1) is 0 Å². The summed E-state index contributed by atoms with van der Waals surface area (Å²) in [5.74, 6) is 0.382. The first-order valence-electron chi connectivity index (χ1n) is 11.7. The maximum atomic E-state index is 11.7. The van der Waals surface area contributed by atoms with Gasteiger partial charge in [0.2, 0.25) is 5.91 Å². The van der Waals surface area contributed by atoms with E-state index in [1.807, 2.05) is 62.5 Å². The van der Waals surface area contributed by atoms with Crippen molar-refractivity contribution >= 4 is 29.1 Å². The van der Waals surface area contributed by atoms with Crippen LogP contribution >= 0.6 is 0 Å². The predicted octanol–water partition coefficient (Wildman–Crippen LogP) is 3.11. The number of aromatic nitrogens is 3. The molecule has 6 rings (SSSR count). The molecule has 182 valence electrons. The van der Waals surface area contributed by atoms with Gasteiger partial charge in [0, 0.05) is 41.1 Å². The Bertz CT molecular complexity index is 1690. The number of carbonyl (C=O) groups is 1. The average molecular weight is 490 g/mol. The van der Waals surface area contributed by atoms with Crippen LogP contribution in [0.5, 0.6) is 11.8 Å². The molecule has 1 amide bonds. The SMILES string of the molecule is C=CC(=O)Nc1ccc(C2=CC=c3c(Oc4nccc(C)n4)cc4c5c(cnc-5c3N2C)=NNC4)cc1. The van der Waals surface area contributed by atoms with E-state index in [9.17, 15) is 4.79 Å². The van der Waals surface area contributed by atoms with Gasteiger partial charge in [0.1, 0.15) is 11.1 Å². The van der Waals surface area contributed by atoms with Crippen LogP contribution in [-0.4, -0.2) is 27.9 Å².